The monoisotopic (exact) mass is 213 g/mol. The third-order valence-corrected chi connectivity index (χ3v) is 2.04. The third-order valence-electron chi connectivity index (χ3n) is 2.04. The Kier molecular flexibility index (Phi) is 3.49. The van der Waals surface area contributed by atoms with Gasteiger partial charge in [0, 0.05) is 5.54 Å². The first kappa shape index (κ1) is 11.7. The van der Waals surface area contributed by atoms with E-state index in [9.17, 15) is 4.79 Å². The highest BCUT2D eigenvalue weighted by atomic mass is 16.4. The summed E-state index contributed by atoms with van der Waals surface area (Å²) in [5.74, 6) is -0.472. The Labute approximate surface area is 87.7 Å². The van der Waals surface area contributed by atoms with E-state index in [-0.39, 0.29) is 12.2 Å². The van der Waals surface area contributed by atoms with Gasteiger partial charge in [0.25, 0.3) is 0 Å². The van der Waals surface area contributed by atoms with Crippen LogP contribution in [0.5, 0.6) is 0 Å². The smallest absolute Gasteiger partial charge is 0.338 e. The molecule has 0 fully saturated rings. The minimum atomic E-state index is -1.01. The van der Waals surface area contributed by atoms with Gasteiger partial charge in [0.1, 0.15) is 12.0 Å². The molecule has 0 saturated carbocycles. The highest BCUT2D eigenvalue weighted by Gasteiger charge is 2.16. The first-order valence-corrected chi connectivity index (χ1v) is 4.61. The second kappa shape index (κ2) is 4.46. The predicted octanol–water partition coefficient (Wildman–Crippen LogP) is 0.838. The molecule has 5 heteroatoms. The lowest BCUT2D eigenvalue weighted by molar-refractivity contribution is 0.0696. The van der Waals surface area contributed by atoms with Gasteiger partial charge < -0.3 is 19.9 Å². The first-order chi connectivity index (χ1) is 6.94. The van der Waals surface area contributed by atoms with Crippen LogP contribution < -0.4 is 5.32 Å². The first-order valence-electron chi connectivity index (χ1n) is 4.61. The van der Waals surface area contributed by atoms with Gasteiger partial charge in [-0.2, -0.15) is 0 Å². The van der Waals surface area contributed by atoms with Crippen molar-refractivity contribution in [3.05, 3.63) is 23.7 Å². The van der Waals surface area contributed by atoms with E-state index in [4.69, 9.17) is 14.6 Å². The van der Waals surface area contributed by atoms with Crippen LogP contribution in [-0.4, -0.2) is 28.3 Å². The number of aliphatic hydroxyl groups excluding tert-OH is 1. The fourth-order valence-electron chi connectivity index (χ4n) is 0.968. The topological polar surface area (TPSA) is 82.7 Å². The molecule has 0 bridgehead atoms. The minimum Gasteiger partial charge on any atom is -0.478 e. The van der Waals surface area contributed by atoms with Crippen molar-refractivity contribution in [2.75, 3.05) is 6.61 Å². The number of aromatic carboxylic acids is 1. The van der Waals surface area contributed by atoms with Gasteiger partial charge in [-0.3, -0.25) is 0 Å². The number of hydrogen-bond donors (Lipinski definition) is 3. The molecule has 0 aliphatic heterocycles. The lowest BCUT2D eigenvalue weighted by atomic mass is 10.1. The third kappa shape index (κ3) is 3.38. The molecule has 1 rings (SSSR count). The second-order valence-electron chi connectivity index (χ2n) is 4.00. The van der Waals surface area contributed by atoms with E-state index in [2.05, 4.69) is 5.32 Å². The van der Waals surface area contributed by atoms with Gasteiger partial charge in [0.2, 0.25) is 0 Å². The molecule has 3 N–H and O–H groups in total. The van der Waals surface area contributed by atoms with Crippen molar-refractivity contribution >= 4 is 5.97 Å². The Morgan fingerprint density at radius 1 is 1.60 bits per heavy atom. The van der Waals surface area contributed by atoms with E-state index in [1.54, 1.807) is 0 Å². The van der Waals surface area contributed by atoms with Crippen molar-refractivity contribution in [1.82, 2.24) is 5.32 Å². The Hall–Kier alpha value is -1.33. The van der Waals surface area contributed by atoms with Gasteiger partial charge >= 0.3 is 5.97 Å². The summed E-state index contributed by atoms with van der Waals surface area (Å²) in [6.07, 6.45) is 1.20. The molecule has 1 aromatic rings. The van der Waals surface area contributed by atoms with Crippen LogP contribution in [0, 0.1) is 0 Å². The van der Waals surface area contributed by atoms with Gasteiger partial charge in [-0.15, -0.1) is 0 Å². The number of carboxylic acids is 1. The van der Waals surface area contributed by atoms with E-state index in [0.29, 0.717) is 12.3 Å². The Balaban J connectivity index is 2.55. The van der Waals surface area contributed by atoms with Crippen molar-refractivity contribution in [3.8, 4) is 0 Å². The molecule has 0 saturated heterocycles. The SMILES string of the molecule is CC(C)(CO)NCc1cc(C(=O)O)co1. The summed E-state index contributed by atoms with van der Waals surface area (Å²) in [5.41, 5.74) is -0.274. The number of furan rings is 1. The lowest BCUT2D eigenvalue weighted by Crippen LogP contribution is -2.41. The molecule has 0 radical (unpaired) electrons. The molecular weight excluding hydrogens is 198 g/mol. The van der Waals surface area contributed by atoms with E-state index in [1.807, 2.05) is 13.8 Å². The molecule has 0 spiro atoms. The molecule has 5 nitrogen and oxygen atoms in total. The molecule has 1 aromatic heterocycles. The van der Waals surface area contributed by atoms with Crippen LogP contribution in [0.4, 0.5) is 0 Å². The molecule has 1 heterocycles. The summed E-state index contributed by atoms with van der Waals surface area (Å²) in [7, 11) is 0. The maximum atomic E-state index is 10.6. The van der Waals surface area contributed by atoms with Gasteiger partial charge in [0.05, 0.1) is 18.7 Å². The van der Waals surface area contributed by atoms with E-state index < -0.39 is 11.5 Å². The number of carbonyl (C=O) groups is 1. The molecular formula is C10H15NO4. The van der Waals surface area contributed by atoms with Gasteiger partial charge in [-0.25, -0.2) is 4.79 Å². The van der Waals surface area contributed by atoms with E-state index in [1.165, 1.54) is 12.3 Å². The van der Waals surface area contributed by atoms with Crippen LogP contribution >= 0.6 is 0 Å². The number of carboxylic acid groups (broad SMARTS) is 1. The summed E-state index contributed by atoms with van der Waals surface area (Å²) in [5, 5.41) is 20.7. The predicted molar refractivity (Wildman–Crippen MR) is 53.7 cm³/mol. The quantitative estimate of drug-likeness (QED) is 0.675. The average molecular weight is 213 g/mol. The van der Waals surface area contributed by atoms with Crippen LogP contribution in [0.2, 0.25) is 0 Å². The Morgan fingerprint density at radius 2 is 2.27 bits per heavy atom. The molecule has 0 amide bonds. The van der Waals surface area contributed by atoms with Gasteiger partial charge in [0.15, 0.2) is 0 Å². The zero-order valence-electron chi connectivity index (χ0n) is 8.78. The lowest BCUT2D eigenvalue weighted by Gasteiger charge is -2.22. The van der Waals surface area contributed by atoms with Crippen LogP contribution in [0.3, 0.4) is 0 Å². The summed E-state index contributed by atoms with van der Waals surface area (Å²) < 4.78 is 5.04. The van der Waals surface area contributed by atoms with Crippen LogP contribution in [0.25, 0.3) is 0 Å². The number of hydrogen-bond acceptors (Lipinski definition) is 4. The normalized spacial score (nSPS) is 11.7. The molecule has 0 unspecified atom stereocenters. The molecule has 15 heavy (non-hydrogen) atoms. The van der Waals surface area contributed by atoms with E-state index >= 15 is 0 Å². The van der Waals surface area contributed by atoms with Gasteiger partial charge in [-0.1, -0.05) is 0 Å². The molecule has 0 aliphatic rings. The Bertz CT molecular complexity index is 343. The minimum absolute atomic E-state index is 0.000500. The zero-order chi connectivity index (χ0) is 11.5. The molecule has 0 atom stereocenters. The number of rotatable bonds is 5. The molecule has 0 aromatic carbocycles. The molecule has 0 aliphatic carbocycles. The highest BCUT2D eigenvalue weighted by molar-refractivity contribution is 5.87. The number of aliphatic hydroxyl groups is 1. The fourth-order valence-corrected chi connectivity index (χ4v) is 0.968. The zero-order valence-corrected chi connectivity index (χ0v) is 8.78. The molecule has 84 valence electrons. The van der Waals surface area contributed by atoms with Crippen LogP contribution in [-0.2, 0) is 6.54 Å². The van der Waals surface area contributed by atoms with Crippen molar-refractivity contribution in [2.24, 2.45) is 0 Å². The van der Waals surface area contributed by atoms with Crippen molar-refractivity contribution in [1.29, 1.82) is 0 Å². The number of nitrogens with one attached hydrogen (secondary N) is 1. The maximum absolute atomic E-state index is 10.6. The van der Waals surface area contributed by atoms with Gasteiger partial charge in [-0.05, 0) is 19.9 Å². The summed E-state index contributed by atoms with van der Waals surface area (Å²) >= 11 is 0. The summed E-state index contributed by atoms with van der Waals surface area (Å²) in [6, 6.07) is 1.46. The Morgan fingerprint density at radius 3 is 2.73 bits per heavy atom. The van der Waals surface area contributed by atoms with Crippen LogP contribution in [0.1, 0.15) is 30.0 Å². The van der Waals surface area contributed by atoms with Crippen molar-refractivity contribution < 1.29 is 19.4 Å². The summed E-state index contributed by atoms with van der Waals surface area (Å²) in [6.45, 7) is 4.07. The highest BCUT2D eigenvalue weighted by Crippen LogP contribution is 2.09. The largest absolute Gasteiger partial charge is 0.478 e. The van der Waals surface area contributed by atoms with Crippen LogP contribution in [0.15, 0.2) is 16.7 Å². The standard InChI is InChI=1S/C10H15NO4/c1-10(2,6-12)11-4-8-3-7(5-15-8)9(13)14/h3,5,11-12H,4,6H2,1-2H3,(H,13,14). The maximum Gasteiger partial charge on any atom is 0.338 e. The average Bonchev–Trinajstić information content (AvgIpc) is 2.63. The second-order valence-corrected chi connectivity index (χ2v) is 4.00. The van der Waals surface area contributed by atoms with Crippen molar-refractivity contribution in [3.63, 3.8) is 0 Å². The van der Waals surface area contributed by atoms with Crippen molar-refractivity contribution in [2.45, 2.75) is 25.9 Å². The summed E-state index contributed by atoms with van der Waals surface area (Å²) in [4.78, 5) is 10.6. The van der Waals surface area contributed by atoms with E-state index in [0.717, 1.165) is 0 Å². The fraction of sp³-hybridized carbons (Fsp3) is 0.500.